The zero-order valence-corrected chi connectivity index (χ0v) is 5.89. The quantitative estimate of drug-likeness (QED) is 0.533. The number of hydrogen-bond donors (Lipinski definition) is 1. The SMILES string of the molecule is [2H]OC(=O)c1ccc([N+](=O)[O-])cc1. The van der Waals surface area contributed by atoms with Gasteiger partial charge in [0.25, 0.3) is 7.12 Å². The molecule has 0 aliphatic carbocycles. The largest absolute Gasteiger partial charge is 0.478 e. The molecule has 1 aromatic carbocycles. The van der Waals surface area contributed by atoms with Crippen molar-refractivity contribution in [3.63, 3.8) is 0 Å². The standard InChI is InChI=1S/C7H5NO4/c9-7(10)5-1-3-6(4-2-5)8(11)12/h1-4H,(H,9,10)/i/hD. The molecule has 12 heavy (non-hydrogen) atoms. The highest BCUT2D eigenvalue weighted by atomic mass is 16.6. The monoisotopic (exact) mass is 168 g/mol. The van der Waals surface area contributed by atoms with E-state index in [-0.39, 0.29) is 11.3 Å². The lowest BCUT2D eigenvalue weighted by atomic mass is 10.2. The number of carboxylic acid groups (broad SMARTS) is 1. The lowest BCUT2D eigenvalue weighted by Crippen LogP contribution is -1.96. The van der Waals surface area contributed by atoms with Crippen molar-refractivity contribution >= 4 is 11.7 Å². The molecule has 0 unspecified atom stereocenters. The van der Waals surface area contributed by atoms with Gasteiger partial charge >= 0.3 is 5.97 Å². The molecule has 0 heterocycles. The van der Waals surface area contributed by atoms with Gasteiger partial charge in [-0.1, -0.05) is 0 Å². The van der Waals surface area contributed by atoms with Crippen LogP contribution >= 0.6 is 0 Å². The first-order chi connectivity index (χ1) is 6.15. The van der Waals surface area contributed by atoms with Gasteiger partial charge < -0.3 is 5.11 Å². The predicted octanol–water partition coefficient (Wildman–Crippen LogP) is 1.29. The molecule has 0 bridgehead atoms. The van der Waals surface area contributed by atoms with Crippen molar-refractivity contribution in [2.24, 2.45) is 0 Å². The first-order valence-electron chi connectivity index (χ1n) is 3.48. The third-order valence-electron chi connectivity index (χ3n) is 1.31. The zero-order valence-electron chi connectivity index (χ0n) is 6.89. The highest BCUT2D eigenvalue weighted by Gasteiger charge is 2.06. The number of nitrogens with zero attached hydrogens (tertiary/aromatic N) is 1. The molecule has 0 saturated heterocycles. The summed E-state index contributed by atoms with van der Waals surface area (Å²) in [6, 6.07) is 4.81. The third-order valence-corrected chi connectivity index (χ3v) is 1.31. The van der Waals surface area contributed by atoms with E-state index in [0.29, 0.717) is 0 Å². The lowest BCUT2D eigenvalue weighted by Gasteiger charge is -1.92. The molecule has 0 aliphatic rings. The minimum Gasteiger partial charge on any atom is -0.478 e. The fourth-order valence-electron chi connectivity index (χ4n) is 0.719. The van der Waals surface area contributed by atoms with Crippen LogP contribution in [0.15, 0.2) is 24.3 Å². The molecule has 1 N–H and O–H groups in total. The number of nitro groups is 1. The lowest BCUT2D eigenvalue weighted by molar-refractivity contribution is -0.384. The molecule has 5 heteroatoms. The van der Waals surface area contributed by atoms with Crippen molar-refractivity contribution in [2.75, 3.05) is 0 Å². The fourth-order valence-corrected chi connectivity index (χ4v) is 0.719. The summed E-state index contributed by atoms with van der Waals surface area (Å²) in [6.07, 6.45) is 0. The highest BCUT2D eigenvalue weighted by molar-refractivity contribution is 5.87. The van der Waals surface area contributed by atoms with Gasteiger partial charge in [-0.3, -0.25) is 10.1 Å². The van der Waals surface area contributed by atoms with E-state index >= 15 is 0 Å². The summed E-state index contributed by atoms with van der Waals surface area (Å²) in [7, 11) is 0. The van der Waals surface area contributed by atoms with Gasteiger partial charge in [0.1, 0.15) is 0 Å². The van der Waals surface area contributed by atoms with Crippen LogP contribution in [0.25, 0.3) is 1.43 Å². The van der Waals surface area contributed by atoms with Crippen LogP contribution in [0.2, 0.25) is 0 Å². The number of rotatable bonds is 2. The normalized spacial score (nSPS) is 10.2. The van der Waals surface area contributed by atoms with E-state index in [0.717, 1.165) is 0 Å². The van der Waals surface area contributed by atoms with E-state index in [9.17, 15) is 14.9 Å². The smallest absolute Gasteiger partial charge is 0.335 e. The first-order valence-corrected chi connectivity index (χ1v) is 3.07. The van der Waals surface area contributed by atoms with Crippen molar-refractivity contribution in [3.8, 4) is 0 Å². The van der Waals surface area contributed by atoms with E-state index < -0.39 is 10.9 Å². The summed E-state index contributed by atoms with van der Waals surface area (Å²) < 4.78 is 6.30. The second kappa shape index (κ2) is 3.00. The second-order valence-corrected chi connectivity index (χ2v) is 2.09. The molecular formula is C7H5NO4. The van der Waals surface area contributed by atoms with Gasteiger partial charge in [-0.2, -0.15) is 0 Å². The molecule has 0 aliphatic heterocycles. The molecule has 0 saturated carbocycles. The average molecular weight is 168 g/mol. The van der Waals surface area contributed by atoms with Gasteiger partial charge in [0.15, 0.2) is 0 Å². The Labute approximate surface area is 68.9 Å². The topological polar surface area (TPSA) is 80.4 Å². The molecule has 1 aromatic rings. The Bertz CT molecular complexity index is 335. The Kier molecular flexibility index (Phi) is 1.69. The molecule has 5 nitrogen and oxygen atoms in total. The minimum absolute atomic E-state index is 0.110. The highest BCUT2D eigenvalue weighted by Crippen LogP contribution is 2.11. The summed E-state index contributed by atoms with van der Waals surface area (Å²) in [5, 5.41) is 13.9. The van der Waals surface area contributed by atoms with Crippen LogP contribution in [0.3, 0.4) is 0 Å². The van der Waals surface area contributed by atoms with Gasteiger partial charge in [0.2, 0.25) is 0 Å². The first kappa shape index (κ1) is 6.78. The van der Waals surface area contributed by atoms with Crippen molar-refractivity contribution < 1.29 is 14.8 Å². The Morgan fingerprint density at radius 3 is 2.50 bits per heavy atom. The maximum absolute atomic E-state index is 10.7. The summed E-state index contributed by atoms with van der Waals surface area (Å²) >= 11 is 0. The number of aromatic carboxylic acids is 1. The van der Waals surface area contributed by atoms with Gasteiger partial charge in [-0.25, -0.2) is 4.79 Å². The number of carboxylic acids is 1. The molecule has 0 radical (unpaired) electrons. The van der Waals surface area contributed by atoms with Crippen molar-refractivity contribution in [1.29, 1.82) is 1.43 Å². The second-order valence-electron chi connectivity index (χ2n) is 2.09. The van der Waals surface area contributed by atoms with Gasteiger partial charge in [-0.05, 0) is 12.1 Å². The van der Waals surface area contributed by atoms with Crippen LogP contribution in [0.4, 0.5) is 5.69 Å². The van der Waals surface area contributed by atoms with Crippen LogP contribution in [0.5, 0.6) is 0 Å². The summed E-state index contributed by atoms with van der Waals surface area (Å²) in [4.78, 5) is 20.3. The maximum Gasteiger partial charge on any atom is 0.335 e. The molecule has 1 rings (SSSR count). The van der Waals surface area contributed by atoms with Gasteiger partial charge in [0.05, 0.1) is 10.5 Å². The number of hydrogen-bond acceptors (Lipinski definition) is 4. The Hall–Kier alpha value is -1.91. The van der Waals surface area contributed by atoms with Gasteiger partial charge in [0, 0.05) is 12.1 Å². The minimum atomic E-state index is -0.838. The summed E-state index contributed by atoms with van der Waals surface area (Å²) in [5.41, 5.74) is 0.00197. The summed E-state index contributed by atoms with van der Waals surface area (Å²) in [5.74, 6) is -0.838. The molecule has 62 valence electrons. The van der Waals surface area contributed by atoms with E-state index in [1.54, 1.807) is 0 Å². The van der Waals surface area contributed by atoms with Gasteiger partial charge in [-0.15, -0.1) is 0 Å². The predicted molar refractivity (Wildman–Crippen MR) is 40.1 cm³/mol. The van der Waals surface area contributed by atoms with Crippen molar-refractivity contribution in [3.05, 3.63) is 39.9 Å². The molecule has 0 atom stereocenters. The van der Waals surface area contributed by atoms with Crippen LogP contribution in [0, 0.1) is 10.1 Å². The zero-order chi connectivity index (χ0) is 9.84. The Morgan fingerprint density at radius 1 is 1.50 bits per heavy atom. The molecule has 0 fully saturated rings. The number of nitro benzene ring substituents is 1. The Balaban J connectivity index is 2.93. The van der Waals surface area contributed by atoms with Crippen LogP contribution < -0.4 is 0 Å². The summed E-state index contributed by atoms with van der Waals surface area (Å²) in [6.45, 7) is 0. The average Bonchev–Trinajstić information content (AvgIpc) is 2.17. The molecule has 0 aromatic heterocycles. The van der Waals surface area contributed by atoms with E-state index in [2.05, 4.69) is 5.11 Å². The number of non-ortho nitro benzene ring substituents is 1. The molecule has 0 spiro atoms. The van der Waals surface area contributed by atoms with E-state index in [4.69, 9.17) is 1.43 Å². The fraction of sp³-hybridized carbons (Fsp3) is 0. The van der Waals surface area contributed by atoms with Crippen molar-refractivity contribution in [1.82, 2.24) is 0 Å². The van der Waals surface area contributed by atoms with Crippen molar-refractivity contribution in [2.45, 2.75) is 0 Å². The third kappa shape index (κ3) is 1.57. The van der Waals surface area contributed by atoms with Crippen LogP contribution in [-0.4, -0.2) is 16.0 Å². The number of benzene rings is 1. The molecular weight excluding hydrogens is 162 g/mol. The number of carbonyl (C=O) groups is 1. The van der Waals surface area contributed by atoms with E-state index in [1.165, 1.54) is 24.3 Å². The Morgan fingerprint density at radius 2 is 2.08 bits per heavy atom. The van der Waals surface area contributed by atoms with E-state index in [1.807, 2.05) is 0 Å². The maximum atomic E-state index is 10.7. The molecule has 0 amide bonds. The van der Waals surface area contributed by atoms with Crippen LogP contribution in [0.1, 0.15) is 10.4 Å². The van der Waals surface area contributed by atoms with Crippen LogP contribution in [-0.2, 0) is 0 Å².